The Morgan fingerprint density at radius 1 is 1.29 bits per heavy atom. The van der Waals surface area contributed by atoms with Crippen molar-refractivity contribution in [3.8, 4) is 5.75 Å². The van der Waals surface area contributed by atoms with Crippen LogP contribution in [-0.2, 0) is 11.3 Å². The zero-order valence-electron chi connectivity index (χ0n) is 11.1. The second kappa shape index (κ2) is 5.98. The average Bonchev–Trinajstić information content (AvgIpc) is 2.23. The number of ether oxygens (including phenoxy) is 2. The Bertz CT molecular complexity index is 359. The molecule has 0 saturated carbocycles. The van der Waals surface area contributed by atoms with Crippen LogP contribution in [-0.4, -0.2) is 23.8 Å². The maximum absolute atomic E-state index is 5.66. The number of hydrogen-bond donors (Lipinski definition) is 1. The molecule has 0 bridgehead atoms. The third kappa shape index (κ3) is 5.15. The standard InChI is InChI=1S/C13H22N2O2/c1-10-7-12(11(8-14)9-15-10)16-5-6-17-13(2,3)4/h7,9H,5-6,8,14H2,1-4H3. The summed E-state index contributed by atoms with van der Waals surface area (Å²) in [4.78, 5) is 4.19. The summed E-state index contributed by atoms with van der Waals surface area (Å²) in [5.74, 6) is 0.803. The molecule has 1 aromatic heterocycles. The van der Waals surface area contributed by atoms with Crippen LogP contribution in [0.1, 0.15) is 32.0 Å². The predicted molar refractivity (Wildman–Crippen MR) is 68.1 cm³/mol. The number of pyridine rings is 1. The summed E-state index contributed by atoms with van der Waals surface area (Å²) in [6.07, 6.45) is 1.76. The van der Waals surface area contributed by atoms with Gasteiger partial charge in [-0.1, -0.05) is 0 Å². The van der Waals surface area contributed by atoms with Crippen molar-refractivity contribution in [1.29, 1.82) is 0 Å². The van der Waals surface area contributed by atoms with Crippen LogP contribution in [0.2, 0.25) is 0 Å². The van der Waals surface area contributed by atoms with Crippen LogP contribution in [0, 0.1) is 6.92 Å². The molecule has 0 fully saturated rings. The number of rotatable bonds is 5. The molecule has 0 aliphatic carbocycles. The molecule has 0 aliphatic rings. The SMILES string of the molecule is Cc1cc(OCCOC(C)(C)C)c(CN)cn1. The number of hydrogen-bond acceptors (Lipinski definition) is 4. The Kier molecular flexibility index (Phi) is 4.90. The van der Waals surface area contributed by atoms with Crippen LogP contribution >= 0.6 is 0 Å². The Morgan fingerprint density at radius 2 is 2.00 bits per heavy atom. The first-order valence-corrected chi connectivity index (χ1v) is 5.85. The molecular weight excluding hydrogens is 216 g/mol. The minimum atomic E-state index is -0.131. The second-order valence-electron chi connectivity index (χ2n) is 4.95. The van der Waals surface area contributed by atoms with Gasteiger partial charge in [-0.3, -0.25) is 4.98 Å². The van der Waals surface area contributed by atoms with Crippen molar-refractivity contribution in [2.24, 2.45) is 5.73 Å². The van der Waals surface area contributed by atoms with Gasteiger partial charge >= 0.3 is 0 Å². The summed E-state index contributed by atoms with van der Waals surface area (Å²) in [6, 6.07) is 1.90. The van der Waals surface area contributed by atoms with Gasteiger partial charge in [0, 0.05) is 30.1 Å². The molecule has 0 aliphatic heterocycles. The van der Waals surface area contributed by atoms with Gasteiger partial charge in [0.25, 0.3) is 0 Å². The molecule has 17 heavy (non-hydrogen) atoms. The van der Waals surface area contributed by atoms with Crippen molar-refractivity contribution in [2.45, 2.75) is 39.8 Å². The topological polar surface area (TPSA) is 57.4 Å². The summed E-state index contributed by atoms with van der Waals surface area (Å²) in [6.45, 7) is 9.52. The fraction of sp³-hybridized carbons (Fsp3) is 0.615. The van der Waals surface area contributed by atoms with E-state index in [0.717, 1.165) is 17.0 Å². The molecule has 4 nitrogen and oxygen atoms in total. The van der Waals surface area contributed by atoms with E-state index >= 15 is 0 Å². The Hall–Kier alpha value is -1.13. The number of nitrogens with zero attached hydrogens (tertiary/aromatic N) is 1. The fourth-order valence-electron chi connectivity index (χ4n) is 1.35. The fourth-order valence-corrected chi connectivity index (χ4v) is 1.35. The van der Waals surface area contributed by atoms with E-state index in [2.05, 4.69) is 4.98 Å². The van der Waals surface area contributed by atoms with Gasteiger partial charge in [-0.25, -0.2) is 0 Å². The quantitative estimate of drug-likeness (QED) is 0.798. The number of aromatic nitrogens is 1. The molecule has 4 heteroatoms. The van der Waals surface area contributed by atoms with Gasteiger partial charge in [0.15, 0.2) is 0 Å². The van der Waals surface area contributed by atoms with Crippen LogP contribution in [0.25, 0.3) is 0 Å². The highest BCUT2D eigenvalue weighted by Gasteiger charge is 2.10. The lowest BCUT2D eigenvalue weighted by molar-refractivity contribution is -0.0164. The third-order valence-electron chi connectivity index (χ3n) is 2.18. The van der Waals surface area contributed by atoms with Crippen LogP contribution in [0.15, 0.2) is 12.3 Å². The lowest BCUT2D eigenvalue weighted by Gasteiger charge is -2.20. The maximum atomic E-state index is 5.66. The Labute approximate surface area is 103 Å². The van der Waals surface area contributed by atoms with E-state index in [1.54, 1.807) is 6.20 Å². The molecule has 0 amide bonds. The molecule has 1 aromatic rings. The van der Waals surface area contributed by atoms with Gasteiger partial charge in [-0.05, 0) is 27.7 Å². The zero-order chi connectivity index (χ0) is 12.9. The lowest BCUT2D eigenvalue weighted by atomic mass is 10.2. The Morgan fingerprint density at radius 3 is 2.59 bits per heavy atom. The number of aryl methyl sites for hydroxylation is 1. The van der Waals surface area contributed by atoms with Gasteiger partial charge < -0.3 is 15.2 Å². The molecule has 2 N–H and O–H groups in total. The summed E-state index contributed by atoms with van der Waals surface area (Å²) < 4.78 is 11.2. The van der Waals surface area contributed by atoms with Crippen molar-refractivity contribution in [2.75, 3.05) is 13.2 Å². The minimum Gasteiger partial charge on any atom is -0.491 e. The maximum Gasteiger partial charge on any atom is 0.127 e. The molecule has 1 rings (SSSR count). The first-order chi connectivity index (χ1) is 7.92. The molecule has 0 aromatic carbocycles. The summed E-state index contributed by atoms with van der Waals surface area (Å²) in [5, 5.41) is 0. The molecule has 0 spiro atoms. The highest BCUT2D eigenvalue weighted by Crippen LogP contribution is 2.18. The van der Waals surface area contributed by atoms with Crippen LogP contribution in [0.5, 0.6) is 5.75 Å². The molecule has 0 radical (unpaired) electrons. The monoisotopic (exact) mass is 238 g/mol. The largest absolute Gasteiger partial charge is 0.491 e. The second-order valence-corrected chi connectivity index (χ2v) is 4.95. The summed E-state index contributed by atoms with van der Waals surface area (Å²) in [7, 11) is 0. The van der Waals surface area contributed by atoms with Gasteiger partial charge in [0.05, 0.1) is 12.2 Å². The van der Waals surface area contributed by atoms with Crippen LogP contribution in [0.4, 0.5) is 0 Å². The summed E-state index contributed by atoms with van der Waals surface area (Å²) >= 11 is 0. The Balaban J connectivity index is 2.48. The summed E-state index contributed by atoms with van der Waals surface area (Å²) in [5.41, 5.74) is 7.34. The first kappa shape index (κ1) is 13.9. The molecule has 0 unspecified atom stereocenters. The lowest BCUT2D eigenvalue weighted by Crippen LogP contribution is -2.22. The van der Waals surface area contributed by atoms with E-state index in [4.69, 9.17) is 15.2 Å². The van der Waals surface area contributed by atoms with E-state index < -0.39 is 0 Å². The van der Waals surface area contributed by atoms with Gasteiger partial charge in [0.2, 0.25) is 0 Å². The normalized spacial score (nSPS) is 11.6. The van der Waals surface area contributed by atoms with E-state index in [1.807, 2.05) is 33.8 Å². The minimum absolute atomic E-state index is 0.131. The zero-order valence-corrected chi connectivity index (χ0v) is 11.1. The third-order valence-corrected chi connectivity index (χ3v) is 2.18. The van der Waals surface area contributed by atoms with Crippen molar-refractivity contribution in [1.82, 2.24) is 4.98 Å². The van der Waals surface area contributed by atoms with Crippen molar-refractivity contribution in [3.05, 3.63) is 23.5 Å². The van der Waals surface area contributed by atoms with Gasteiger partial charge in [-0.15, -0.1) is 0 Å². The van der Waals surface area contributed by atoms with Gasteiger partial charge in [-0.2, -0.15) is 0 Å². The predicted octanol–water partition coefficient (Wildman–Crippen LogP) is 2.04. The van der Waals surface area contributed by atoms with Crippen molar-refractivity contribution < 1.29 is 9.47 Å². The highest BCUT2D eigenvalue weighted by atomic mass is 16.5. The molecule has 96 valence electrons. The smallest absolute Gasteiger partial charge is 0.127 e. The van der Waals surface area contributed by atoms with E-state index in [1.165, 1.54) is 0 Å². The van der Waals surface area contributed by atoms with E-state index in [0.29, 0.717) is 19.8 Å². The van der Waals surface area contributed by atoms with Crippen LogP contribution < -0.4 is 10.5 Å². The molecular formula is C13H22N2O2. The van der Waals surface area contributed by atoms with E-state index in [-0.39, 0.29) is 5.60 Å². The number of nitrogens with two attached hydrogens (primary N) is 1. The highest BCUT2D eigenvalue weighted by molar-refractivity contribution is 5.32. The van der Waals surface area contributed by atoms with Crippen molar-refractivity contribution in [3.63, 3.8) is 0 Å². The molecule has 0 atom stereocenters. The van der Waals surface area contributed by atoms with E-state index in [9.17, 15) is 0 Å². The first-order valence-electron chi connectivity index (χ1n) is 5.85. The molecule has 1 heterocycles. The molecule has 0 saturated heterocycles. The van der Waals surface area contributed by atoms with Gasteiger partial charge in [0.1, 0.15) is 12.4 Å². The van der Waals surface area contributed by atoms with Crippen LogP contribution in [0.3, 0.4) is 0 Å². The van der Waals surface area contributed by atoms with Crippen molar-refractivity contribution >= 4 is 0 Å². The average molecular weight is 238 g/mol.